The highest BCUT2D eigenvalue weighted by atomic mass is 19.1. The Labute approximate surface area is 183 Å². The van der Waals surface area contributed by atoms with Gasteiger partial charge in [-0.3, -0.25) is 4.98 Å². The zero-order chi connectivity index (χ0) is 22.5. The summed E-state index contributed by atoms with van der Waals surface area (Å²) in [6, 6.07) is 12.1. The maximum Gasteiger partial charge on any atom is 0.283 e. The first kappa shape index (κ1) is 20.2. The second kappa shape index (κ2) is 7.19. The van der Waals surface area contributed by atoms with E-state index in [2.05, 4.69) is 9.98 Å². The number of nitrogens with zero attached hydrogens (tertiary/aromatic N) is 2. The van der Waals surface area contributed by atoms with Crippen LogP contribution < -0.4 is 15.2 Å². The number of pyridine rings is 1. The fraction of sp³-hybridized carbons (Fsp3) is 0.250. The van der Waals surface area contributed by atoms with E-state index in [9.17, 15) is 4.39 Å². The summed E-state index contributed by atoms with van der Waals surface area (Å²) in [7, 11) is 0. The topological polar surface area (TPSA) is 79.0 Å². The standard InChI is InChI=1S/C24H21F2N3O3/c1-23(2,26)12-30-16-9-18-21(19(25)10-16)32-20-6-5-14(15-4-3-7-28-11-15)8-17(20)24(18)13-31-22(27)29-24/h3-11H,12-13H2,1-2H3,(H2,27,29)/t24-/m0/s1. The predicted octanol–water partition coefficient (Wildman–Crippen LogP) is 4.71. The number of fused-ring (bicyclic) bond motifs is 4. The Morgan fingerprint density at radius 3 is 2.69 bits per heavy atom. The maximum absolute atomic E-state index is 15.1. The zero-order valence-corrected chi connectivity index (χ0v) is 17.6. The van der Waals surface area contributed by atoms with Gasteiger partial charge in [0.15, 0.2) is 17.1 Å². The Morgan fingerprint density at radius 2 is 2.00 bits per heavy atom. The quantitative estimate of drug-likeness (QED) is 0.640. The summed E-state index contributed by atoms with van der Waals surface area (Å²) in [6.07, 6.45) is 3.45. The molecule has 0 saturated heterocycles. The number of aliphatic imine (C=N–C) groups is 1. The average Bonchev–Trinajstić information content (AvgIpc) is 3.15. The number of hydrogen-bond acceptors (Lipinski definition) is 6. The molecule has 0 radical (unpaired) electrons. The van der Waals surface area contributed by atoms with Crippen molar-refractivity contribution >= 4 is 6.02 Å². The van der Waals surface area contributed by atoms with Gasteiger partial charge in [0.1, 0.15) is 30.4 Å². The van der Waals surface area contributed by atoms with E-state index >= 15 is 4.39 Å². The molecule has 2 N–H and O–H groups in total. The Hall–Kier alpha value is -3.68. The van der Waals surface area contributed by atoms with Crippen LogP contribution in [0.2, 0.25) is 0 Å². The van der Waals surface area contributed by atoms with Crippen LogP contribution in [0.15, 0.2) is 59.9 Å². The molecule has 6 nitrogen and oxygen atoms in total. The Balaban J connectivity index is 1.66. The minimum atomic E-state index is -1.58. The third-order valence-electron chi connectivity index (χ3n) is 5.41. The van der Waals surface area contributed by atoms with Crippen molar-refractivity contribution in [3.63, 3.8) is 0 Å². The van der Waals surface area contributed by atoms with Crippen molar-refractivity contribution in [3.05, 3.63) is 71.8 Å². The number of alkyl halides is 1. The summed E-state index contributed by atoms with van der Waals surface area (Å²) in [6.45, 7) is 2.61. The lowest BCUT2D eigenvalue weighted by Gasteiger charge is -2.34. The largest absolute Gasteiger partial charge is 0.490 e. The fourth-order valence-electron chi connectivity index (χ4n) is 3.94. The molecule has 3 heterocycles. The Kier molecular flexibility index (Phi) is 4.54. The number of rotatable bonds is 4. The van der Waals surface area contributed by atoms with Gasteiger partial charge < -0.3 is 19.9 Å². The van der Waals surface area contributed by atoms with E-state index in [0.717, 1.165) is 11.1 Å². The van der Waals surface area contributed by atoms with Crippen molar-refractivity contribution in [1.29, 1.82) is 0 Å². The normalized spacial score (nSPS) is 18.9. The Bertz CT molecular complexity index is 1230. The molecule has 0 amide bonds. The van der Waals surface area contributed by atoms with Crippen molar-refractivity contribution in [2.24, 2.45) is 10.7 Å². The van der Waals surface area contributed by atoms with Crippen molar-refractivity contribution in [2.75, 3.05) is 13.2 Å². The van der Waals surface area contributed by atoms with E-state index in [-0.39, 0.29) is 30.7 Å². The van der Waals surface area contributed by atoms with Crippen LogP contribution in [0.5, 0.6) is 17.2 Å². The van der Waals surface area contributed by atoms with Gasteiger partial charge in [-0.15, -0.1) is 0 Å². The summed E-state index contributed by atoms with van der Waals surface area (Å²) in [5, 5.41) is 0. The summed E-state index contributed by atoms with van der Waals surface area (Å²) >= 11 is 0. The summed E-state index contributed by atoms with van der Waals surface area (Å²) in [4.78, 5) is 8.74. The molecule has 2 aliphatic rings. The molecule has 1 aromatic heterocycles. The van der Waals surface area contributed by atoms with Gasteiger partial charge >= 0.3 is 0 Å². The van der Waals surface area contributed by atoms with Gasteiger partial charge in [0, 0.05) is 35.2 Å². The van der Waals surface area contributed by atoms with E-state index in [1.807, 2.05) is 24.3 Å². The van der Waals surface area contributed by atoms with Gasteiger partial charge in [0.05, 0.1) is 0 Å². The minimum absolute atomic E-state index is 0.00722. The van der Waals surface area contributed by atoms with Crippen LogP contribution in [-0.4, -0.2) is 29.9 Å². The maximum atomic E-state index is 15.1. The molecular weight excluding hydrogens is 416 g/mol. The lowest BCUT2D eigenvalue weighted by Crippen LogP contribution is -2.31. The molecule has 0 bridgehead atoms. The van der Waals surface area contributed by atoms with E-state index in [4.69, 9.17) is 19.9 Å². The highest BCUT2D eigenvalue weighted by molar-refractivity contribution is 5.78. The van der Waals surface area contributed by atoms with Crippen LogP contribution in [0, 0.1) is 5.82 Å². The minimum Gasteiger partial charge on any atom is -0.490 e. The average molecular weight is 437 g/mol. The first-order valence-electron chi connectivity index (χ1n) is 10.1. The lowest BCUT2D eigenvalue weighted by molar-refractivity contribution is 0.120. The van der Waals surface area contributed by atoms with Crippen LogP contribution in [0.25, 0.3) is 11.1 Å². The highest BCUT2D eigenvalue weighted by Gasteiger charge is 2.48. The van der Waals surface area contributed by atoms with E-state index in [1.54, 1.807) is 24.5 Å². The second-order valence-electron chi connectivity index (χ2n) is 8.44. The van der Waals surface area contributed by atoms with Crippen LogP contribution in [0.4, 0.5) is 8.78 Å². The number of ether oxygens (including phenoxy) is 3. The molecule has 1 spiro atoms. The second-order valence-corrected chi connectivity index (χ2v) is 8.44. The van der Waals surface area contributed by atoms with Gasteiger partial charge in [-0.05, 0) is 43.7 Å². The molecule has 0 aliphatic carbocycles. The van der Waals surface area contributed by atoms with Gasteiger partial charge in [-0.2, -0.15) is 0 Å². The number of benzene rings is 2. The Morgan fingerprint density at radius 1 is 1.16 bits per heavy atom. The molecule has 3 aromatic rings. The molecule has 0 unspecified atom stereocenters. The third kappa shape index (κ3) is 3.41. The van der Waals surface area contributed by atoms with Crippen molar-refractivity contribution in [2.45, 2.75) is 25.1 Å². The molecule has 164 valence electrons. The van der Waals surface area contributed by atoms with Gasteiger partial charge in [-0.1, -0.05) is 12.1 Å². The molecule has 0 fully saturated rings. The third-order valence-corrected chi connectivity index (χ3v) is 5.41. The lowest BCUT2D eigenvalue weighted by atomic mass is 9.80. The van der Waals surface area contributed by atoms with Crippen molar-refractivity contribution < 1.29 is 23.0 Å². The zero-order valence-electron chi connectivity index (χ0n) is 17.6. The summed E-state index contributed by atoms with van der Waals surface area (Å²) < 4.78 is 46.1. The van der Waals surface area contributed by atoms with Crippen LogP contribution in [0.3, 0.4) is 0 Å². The molecule has 8 heteroatoms. The van der Waals surface area contributed by atoms with Crippen molar-refractivity contribution in [1.82, 2.24) is 4.98 Å². The molecule has 32 heavy (non-hydrogen) atoms. The SMILES string of the molecule is CC(C)(F)COc1cc(F)c2c(c1)[C@]1(COC(N)=N1)c1cc(-c3cccnc3)ccc1O2. The first-order chi connectivity index (χ1) is 15.2. The highest BCUT2D eigenvalue weighted by Crippen LogP contribution is 2.53. The van der Waals surface area contributed by atoms with Gasteiger partial charge in [0.25, 0.3) is 6.02 Å². The molecule has 1 atom stereocenters. The van der Waals surface area contributed by atoms with Gasteiger partial charge in [0.2, 0.25) is 0 Å². The number of hydrogen-bond donors (Lipinski definition) is 1. The molecule has 2 aliphatic heterocycles. The van der Waals surface area contributed by atoms with E-state index in [1.165, 1.54) is 19.9 Å². The summed E-state index contributed by atoms with van der Waals surface area (Å²) in [5.41, 5.74) is 6.06. The molecular formula is C24H21F2N3O3. The fourth-order valence-corrected chi connectivity index (χ4v) is 3.94. The smallest absolute Gasteiger partial charge is 0.283 e. The number of amidine groups is 1. The number of nitrogens with two attached hydrogens (primary N) is 1. The molecule has 5 rings (SSSR count). The molecule has 2 aromatic carbocycles. The van der Waals surface area contributed by atoms with Gasteiger partial charge in [-0.25, -0.2) is 13.8 Å². The number of aromatic nitrogens is 1. The number of halogens is 2. The van der Waals surface area contributed by atoms with E-state index < -0.39 is 17.0 Å². The first-order valence-corrected chi connectivity index (χ1v) is 10.1. The summed E-state index contributed by atoms with van der Waals surface area (Å²) in [5.74, 6) is -0.0103. The monoisotopic (exact) mass is 437 g/mol. The van der Waals surface area contributed by atoms with Crippen LogP contribution in [0.1, 0.15) is 25.0 Å². The van der Waals surface area contributed by atoms with Crippen LogP contribution in [-0.2, 0) is 10.3 Å². The van der Waals surface area contributed by atoms with Crippen LogP contribution >= 0.6 is 0 Å². The van der Waals surface area contributed by atoms with Crippen molar-refractivity contribution in [3.8, 4) is 28.4 Å². The van der Waals surface area contributed by atoms with E-state index in [0.29, 0.717) is 16.9 Å². The predicted molar refractivity (Wildman–Crippen MR) is 115 cm³/mol. The molecule has 0 saturated carbocycles.